The maximum Gasteiger partial charge on any atom is 0.291 e. The molecule has 8 heteroatoms. The third-order valence-electron chi connectivity index (χ3n) is 5.43. The van der Waals surface area contributed by atoms with Gasteiger partial charge in [-0.2, -0.15) is 0 Å². The number of carbonyl (C=O) groups excluding carboxylic acids is 3. The number of carbonyl (C=O) groups is 3. The highest BCUT2D eigenvalue weighted by molar-refractivity contribution is 6.44. The molecule has 1 aromatic carbocycles. The predicted octanol–water partition coefficient (Wildman–Crippen LogP) is 2.33. The summed E-state index contributed by atoms with van der Waals surface area (Å²) in [5, 5.41) is 0. The van der Waals surface area contributed by atoms with Gasteiger partial charge < -0.3 is 14.2 Å². The van der Waals surface area contributed by atoms with E-state index in [2.05, 4.69) is 9.97 Å². The molecule has 158 valence electrons. The van der Waals surface area contributed by atoms with Gasteiger partial charge in [-0.15, -0.1) is 0 Å². The molecule has 2 atom stereocenters. The highest BCUT2D eigenvalue weighted by Crippen LogP contribution is 2.37. The molecule has 0 N–H and O–H groups in total. The Balaban J connectivity index is 1.63. The van der Waals surface area contributed by atoms with E-state index in [-0.39, 0.29) is 0 Å². The number of rotatable bonds is 8. The summed E-state index contributed by atoms with van der Waals surface area (Å²) in [5.74, 6) is -2.27. The van der Waals surface area contributed by atoms with Gasteiger partial charge in [-0.1, -0.05) is 6.07 Å². The third kappa shape index (κ3) is 4.09. The third-order valence-corrected chi connectivity index (χ3v) is 5.43. The van der Waals surface area contributed by atoms with Crippen LogP contribution < -0.4 is 4.74 Å². The minimum Gasteiger partial charge on any atom is -0.497 e. The maximum absolute atomic E-state index is 13.3. The molecular formula is C23H22N4O4. The van der Waals surface area contributed by atoms with Gasteiger partial charge in [-0.3, -0.25) is 19.4 Å². The lowest BCUT2D eigenvalue weighted by molar-refractivity contribution is -0.140. The van der Waals surface area contributed by atoms with E-state index in [4.69, 9.17) is 4.74 Å². The second kappa shape index (κ2) is 8.91. The highest BCUT2D eigenvalue weighted by atomic mass is 16.5. The van der Waals surface area contributed by atoms with Crippen molar-refractivity contribution in [1.29, 1.82) is 0 Å². The summed E-state index contributed by atoms with van der Waals surface area (Å²) in [6.07, 6.45) is 7.43. The van der Waals surface area contributed by atoms with Gasteiger partial charge in [0.15, 0.2) is 5.78 Å². The van der Waals surface area contributed by atoms with E-state index in [1.807, 2.05) is 10.8 Å². The Labute approximate surface area is 179 Å². The first-order chi connectivity index (χ1) is 15.1. The van der Waals surface area contributed by atoms with Gasteiger partial charge in [0.05, 0.1) is 25.2 Å². The molecule has 1 fully saturated rings. The number of Topliss-reactive ketones (excluding diaryl/α,β-unsaturated/α-hetero) is 2. The van der Waals surface area contributed by atoms with Gasteiger partial charge in [0.25, 0.3) is 5.91 Å². The van der Waals surface area contributed by atoms with Gasteiger partial charge in [0, 0.05) is 37.2 Å². The summed E-state index contributed by atoms with van der Waals surface area (Å²) < 4.78 is 7.04. The average Bonchev–Trinajstić information content (AvgIpc) is 3.41. The highest BCUT2D eigenvalue weighted by Gasteiger charge is 2.51. The van der Waals surface area contributed by atoms with E-state index in [0.29, 0.717) is 36.5 Å². The number of benzene rings is 1. The molecule has 4 rings (SSSR count). The molecule has 8 nitrogen and oxygen atoms in total. The first kappa shape index (κ1) is 20.5. The molecule has 3 aromatic rings. The summed E-state index contributed by atoms with van der Waals surface area (Å²) in [6.45, 7) is 0.973. The lowest BCUT2D eigenvalue weighted by Gasteiger charge is -2.26. The van der Waals surface area contributed by atoms with Gasteiger partial charge >= 0.3 is 0 Å². The number of aryl methyl sites for hydroxylation is 1. The average molecular weight is 418 g/mol. The maximum atomic E-state index is 13.3. The number of methoxy groups -OCH3 is 1. The molecule has 0 radical (unpaired) electrons. The number of likely N-dealkylation sites (tertiary alicyclic amines) is 1. The molecule has 0 spiro atoms. The second-order valence-corrected chi connectivity index (χ2v) is 7.29. The SMILES string of the molecule is COc1ccc(C(=O)C2C(=O)C(=O)N(CCCn3ccnc3)C2c2ccccn2)cc1. The topological polar surface area (TPSA) is 94.4 Å². The zero-order valence-corrected chi connectivity index (χ0v) is 17.0. The van der Waals surface area contributed by atoms with E-state index in [1.54, 1.807) is 61.2 Å². The number of ketones is 2. The molecule has 0 saturated carbocycles. The molecule has 31 heavy (non-hydrogen) atoms. The standard InChI is InChI=1S/C23H22N4O4/c1-31-17-8-6-16(7-9-17)21(28)19-20(18-5-2-3-10-25-18)27(23(30)22(19)29)13-4-12-26-14-11-24-15-26/h2-3,5-11,14-15,19-20H,4,12-13H2,1H3. The predicted molar refractivity (Wildman–Crippen MR) is 111 cm³/mol. The number of imidazole rings is 1. The Morgan fingerprint density at radius 1 is 1.06 bits per heavy atom. The molecular weight excluding hydrogens is 396 g/mol. The number of aromatic nitrogens is 3. The van der Waals surface area contributed by atoms with Crippen molar-refractivity contribution in [1.82, 2.24) is 19.4 Å². The van der Waals surface area contributed by atoms with Gasteiger partial charge in [-0.05, 0) is 42.8 Å². The zero-order valence-electron chi connectivity index (χ0n) is 17.0. The van der Waals surface area contributed by atoms with E-state index >= 15 is 0 Å². The van der Waals surface area contributed by atoms with Crippen LogP contribution in [-0.4, -0.2) is 50.6 Å². The van der Waals surface area contributed by atoms with E-state index < -0.39 is 29.4 Å². The minimum absolute atomic E-state index is 0.330. The Morgan fingerprint density at radius 2 is 1.87 bits per heavy atom. The number of pyridine rings is 1. The van der Waals surface area contributed by atoms with Gasteiger partial charge in [-0.25, -0.2) is 4.98 Å². The molecule has 1 amide bonds. The number of amides is 1. The Hall–Kier alpha value is -3.81. The van der Waals surface area contributed by atoms with Crippen LogP contribution >= 0.6 is 0 Å². The molecule has 1 aliphatic heterocycles. The van der Waals surface area contributed by atoms with Crippen LogP contribution in [0.5, 0.6) is 5.75 Å². The van der Waals surface area contributed by atoms with Crippen LogP contribution in [0, 0.1) is 5.92 Å². The van der Waals surface area contributed by atoms with Crippen LogP contribution in [-0.2, 0) is 16.1 Å². The molecule has 1 saturated heterocycles. The smallest absolute Gasteiger partial charge is 0.291 e. The Kier molecular flexibility index (Phi) is 5.88. The fraction of sp³-hybridized carbons (Fsp3) is 0.261. The van der Waals surface area contributed by atoms with E-state index in [0.717, 1.165) is 0 Å². The summed E-state index contributed by atoms with van der Waals surface area (Å²) in [5.41, 5.74) is 0.879. The van der Waals surface area contributed by atoms with Crippen molar-refractivity contribution in [3.05, 3.63) is 78.6 Å². The lowest BCUT2D eigenvalue weighted by Crippen LogP contribution is -2.32. The van der Waals surface area contributed by atoms with Gasteiger partial charge in [0.1, 0.15) is 11.7 Å². The van der Waals surface area contributed by atoms with Crippen molar-refractivity contribution in [2.75, 3.05) is 13.7 Å². The van der Waals surface area contributed by atoms with Crippen LogP contribution in [0.3, 0.4) is 0 Å². The summed E-state index contributed by atoms with van der Waals surface area (Å²) >= 11 is 0. The molecule has 0 aliphatic carbocycles. The summed E-state index contributed by atoms with van der Waals surface area (Å²) in [4.78, 5) is 49.0. The summed E-state index contributed by atoms with van der Waals surface area (Å²) in [7, 11) is 1.54. The van der Waals surface area contributed by atoms with Gasteiger partial charge in [0.2, 0.25) is 5.78 Å². The van der Waals surface area contributed by atoms with Crippen LogP contribution in [0.2, 0.25) is 0 Å². The van der Waals surface area contributed by atoms with E-state index in [1.165, 1.54) is 12.0 Å². The minimum atomic E-state index is -1.14. The van der Waals surface area contributed by atoms with E-state index in [9.17, 15) is 14.4 Å². The number of ether oxygens (including phenoxy) is 1. The van der Waals surface area contributed by atoms with Crippen molar-refractivity contribution < 1.29 is 19.1 Å². The van der Waals surface area contributed by atoms with Crippen LogP contribution in [0.25, 0.3) is 0 Å². The largest absolute Gasteiger partial charge is 0.497 e. The first-order valence-corrected chi connectivity index (χ1v) is 10.00. The fourth-order valence-electron chi connectivity index (χ4n) is 3.89. The molecule has 2 aromatic heterocycles. The molecule has 2 unspecified atom stereocenters. The summed E-state index contributed by atoms with van der Waals surface area (Å²) in [6, 6.07) is 11.1. The quantitative estimate of drug-likeness (QED) is 0.317. The monoisotopic (exact) mass is 418 g/mol. The molecule has 3 heterocycles. The first-order valence-electron chi connectivity index (χ1n) is 10.00. The van der Waals surface area contributed by atoms with Crippen LogP contribution in [0.1, 0.15) is 28.5 Å². The van der Waals surface area contributed by atoms with Crippen molar-refractivity contribution in [3.63, 3.8) is 0 Å². The zero-order chi connectivity index (χ0) is 21.8. The Bertz CT molecular complexity index is 1060. The number of hydrogen-bond acceptors (Lipinski definition) is 6. The van der Waals surface area contributed by atoms with Crippen molar-refractivity contribution >= 4 is 17.5 Å². The second-order valence-electron chi connectivity index (χ2n) is 7.29. The lowest BCUT2D eigenvalue weighted by atomic mass is 9.88. The van der Waals surface area contributed by atoms with Crippen molar-refractivity contribution in [2.45, 2.75) is 19.0 Å². The molecule has 1 aliphatic rings. The number of hydrogen-bond donors (Lipinski definition) is 0. The van der Waals surface area contributed by atoms with Crippen molar-refractivity contribution in [2.24, 2.45) is 5.92 Å². The fourth-order valence-corrected chi connectivity index (χ4v) is 3.89. The Morgan fingerprint density at radius 3 is 2.52 bits per heavy atom. The normalized spacial score (nSPS) is 18.4. The molecule has 0 bridgehead atoms. The van der Waals surface area contributed by atoms with Crippen LogP contribution in [0.15, 0.2) is 67.4 Å². The number of nitrogens with zero attached hydrogens (tertiary/aromatic N) is 4. The van der Waals surface area contributed by atoms with Crippen LogP contribution in [0.4, 0.5) is 0 Å². The van der Waals surface area contributed by atoms with Crippen molar-refractivity contribution in [3.8, 4) is 5.75 Å².